The molecule has 1 unspecified atom stereocenters. The number of hydrogen-bond acceptors (Lipinski definition) is 3. The van der Waals surface area contributed by atoms with Crippen molar-refractivity contribution in [1.29, 1.82) is 0 Å². The lowest BCUT2D eigenvalue weighted by atomic mass is 10.2. The van der Waals surface area contributed by atoms with Crippen molar-refractivity contribution in [3.8, 4) is 0 Å². The van der Waals surface area contributed by atoms with Crippen molar-refractivity contribution in [3.63, 3.8) is 0 Å². The van der Waals surface area contributed by atoms with Gasteiger partial charge in [-0.05, 0) is 19.8 Å². The van der Waals surface area contributed by atoms with Crippen LogP contribution in [0.2, 0.25) is 0 Å². The fourth-order valence-corrected chi connectivity index (χ4v) is 1.53. The van der Waals surface area contributed by atoms with Crippen molar-refractivity contribution >= 4 is 17.9 Å². The maximum atomic E-state index is 11.9. The zero-order valence-electron chi connectivity index (χ0n) is 12.4. The lowest BCUT2D eigenvalue weighted by molar-refractivity contribution is -0.138. The molecule has 3 N–H and O–H groups in total. The van der Waals surface area contributed by atoms with Gasteiger partial charge in [0.1, 0.15) is 6.54 Å². The van der Waals surface area contributed by atoms with Gasteiger partial charge in [0.05, 0.1) is 0 Å². The van der Waals surface area contributed by atoms with E-state index < -0.39 is 12.0 Å². The molecule has 0 rings (SSSR count). The topological polar surface area (TPSA) is 98.7 Å². The van der Waals surface area contributed by atoms with Gasteiger partial charge in [0, 0.05) is 25.6 Å². The smallest absolute Gasteiger partial charge is 0.323 e. The fourth-order valence-electron chi connectivity index (χ4n) is 1.53. The van der Waals surface area contributed by atoms with Crippen LogP contribution in [0.15, 0.2) is 0 Å². The molecular weight excluding hydrogens is 262 g/mol. The molecule has 0 aliphatic rings. The van der Waals surface area contributed by atoms with Crippen molar-refractivity contribution in [1.82, 2.24) is 15.5 Å². The molecule has 7 nitrogen and oxygen atoms in total. The van der Waals surface area contributed by atoms with E-state index in [2.05, 4.69) is 10.6 Å². The maximum absolute atomic E-state index is 11.9. The van der Waals surface area contributed by atoms with Crippen LogP contribution in [0.25, 0.3) is 0 Å². The summed E-state index contributed by atoms with van der Waals surface area (Å²) in [5.41, 5.74) is 0. The van der Waals surface area contributed by atoms with E-state index in [9.17, 15) is 14.4 Å². The van der Waals surface area contributed by atoms with Gasteiger partial charge in [0.25, 0.3) is 0 Å². The standard InChI is InChI=1S/C13H25N3O4/c1-4-7-14-11(17)6-8-15-13(20)16(9-12(18)19)10(3)5-2/h10H,4-9H2,1-3H3,(H,14,17)(H,15,20)(H,18,19). The fraction of sp³-hybridized carbons (Fsp3) is 0.769. The molecule has 116 valence electrons. The zero-order valence-corrected chi connectivity index (χ0v) is 12.4. The second-order valence-corrected chi connectivity index (χ2v) is 4.61. The molecule has 0 saturated heterocycles. The van der Waals surface area contributed by atoms with E-state index in [1.165, 1.54) is 4.90 Å². The number of carbonyl (C=O) groups excluding carboxylic acids is 2. The largest absolute Gasteiger partial charge is 0.480 e. The summed E-state index contributed by atoms with van der Waals surface area (Å²) in [6.45, 7) is 6.09. The predicted molar refractivity (Wildman–Crippen MR) is 75.4 cm³/mol. The number of hydrogen-bond donors (Lipinski definition) is 3. The van der Waals surface area contributed by atoms with Crippen LogP contribution in [0.1, 0.15) is 40.0 Å². The Morgan fingerprint density at radius 3 is 2.30 bits per heavy atom. The Hall–Kier alpha value is -1.79. The first-order valence-electron chi connectivity index (χ1n) is 6.95. The maximum Gasteiger partial charge on any atom is 0.323 e. The minimum Gasteiger partial charge on any atom is -0.480 e. The Kier molecular flexibility index (Phi) is 9.15. The molecular formula is C13H25N3O4. The summed E-state index contributed by atoms with van der Waals surface area (Å²) in [5, 5.41) is 14.1. The molecule has 1 atom stereocenters. The molecule has 0 heterocycles. The summed E-state index contributed by atoms with van der Waals surface area (Å²) in [6, 6.07) is -0.620. The summed E-state index contributed by atoms with van der Waals surface area (Å²) >= 11 is 0. The number of carboxylic acid groups (broad SMARTS) is 1. The molecule has 0 radical (unpaired) electrons. The van der Waals surface area contributed by atoms with Crippen LogP contribution in [0.4, 0.5) is 4.79 Å². The quantitative estimate of drug-likeness (QED) is 0.584. The number of carboxylic acids is 1. The molecule has 0 aliphatic carbocycles. The number of amides is 3. The molecule has 0 aromatic heterocycles. The van der Waals surface area contributed by atoms with Gasteiger partial charge in [-0.15, -0.1) is 0 Å². The summed E-state index contributed by atoms with van der Waals surface area (Å²) in [6.07, 6.45) is 1.71. The van der Waals surface area contributed by atoms with Crippen LogP contribution in [0.3, 0.4) is 0 Å². The number of nitrogens with one attached hydrogen (secondary N) is 2. The van der Waals surface area contributed by atoms with Crippen molar-refractivity contribution < 1.29 is 19.5 Å². The second kappa shape index (κ2) is 10.1. The Bertz CT molecular complexity index is 334. The van der Waals surface area contributed by atoms with Crippen molar-refractivity contribution in [2.24, 2.45) is 0 Å². The molecule has 0 aliphatic heterocycles. The highest BCUT2D eigenvalue weighted by molar-refractivity contribution is 5.81. The third-order valence-corrected chi connectivity index (χ3v) is 2.89. The highest BCUT2D eigenvalue weighted by Gasteiger charge is 2.21. The van der Waals surface area contributed by atoms with Gasteiger partial charge in [-0.25, -0.2) is 4.79 Å². The third-order valence-electron chi connectivity index (χ3n) is 2.89. The minimum absolute atomic E-state index is 0.125. The van der Waals surface area contributed by atoms with E-state index in [1.807, 2.05) is 13.8 Å². The Balaban J connectivity index is 4.19. The Morgan fingerprint density at radius 2 is 1.80 bits per heavy atom. The molecule has 3 amide bonds. The molecule has 0 spiro atoms. The highest BCUT2D eigenvalue weighted by Crippen LogP contribution is 2.03. The van der Waals surface area contributed by atoms with Crippen molar-refractivity contribution in [2.45, 2.75) is 46.1 Å². The van der Waals surface area contributed by atoms with Crippen molar-refractivity contribution in [3.05, 3.63) is 0 Å². The minimum atomic E-state index is -1.05. The monoisotopic (exact) mass is 287 g/mol. The van der Waals surface area contributed by atoms with Crippen LogP contribution in [0.5, 0.6) is 0 Å². The molecule has 0 aromatic rings. The number of nitrogens with zero attached hydrogens (tertiary/aromatic N) is 1. The molecule has 0 fully saturated rings. The van der Waals surface area contributed by atoms with Gasteiger partial charge < -0.3 is 20.6 Å². The number of urea groups is 1. The van der Waals surface area contributed by atoms with Crippen LogP contribution < -0.4 is 10.6 Å². The van der Waals surface area contributed by atoms with Crippen LogP contribution in [0, 0.1) is 0 Å². The molecule has 20 heavy (non-hydrogen) atoms. The normalized spacial score (nSPS) is 11.6. The third kappa shape index (κ3) is 7.60. The summed E-state index contributed by atoms with van der Waals surface area (Å²) in [4.78, 5) is 35.3. The van der Waals surface area contributed by atoms with Gasteiger partial charge in [0.15, 0.2) is 0 Å². The van der Waals surface area contributed by atoms with Crippen LogP contribution >= 0.6 is 0 Å². The van der Waals surface area contributed by atoms with E-state index in [0.717, 1.165) is 6.42 Å². The van der Waals surface area contributed by atoms with Gasteiger partial charge in [-0.3, -0.25) is 9.59 Å². The molecule has 0 saturated carbocycles. The SMILES string of the molecule is CCCNC(=O)CCNC(=O)N(CC(=O)O)C(C)CC. The first-order valence-corrected chi connectivity index (χ1v) is 6.95. The number of aliphatic carboxylic acids is 1. The van der Waals surface area contributed by atoms with E-state index >= 15 is 0 Å². The molecule has 7 heteroatoms. The lowest BCUT2D eigenvalue weighted by Gasteiger charge is -2.27. The molecule has 0 aromatic carbocycles. The summed E-state index contributed by atoms with van der Waals surface area (Å²) in [7, 11) is 0. The second-order valence-electron chi connectivity index (χ2n) is 4.61. The van der Waals surface area contributed by atoms with E-state index in [4.69, 9.17) is 5.11 Å². The van der Waals surface area contributed by atoms with Gasteiger partial charge >= 0.3 is 12.0 Å². The average molecular weight is 287 g/mol. The molecule has 0 bridgehead atoms. The van der Waals surface area contributed by atoms with Gasteiger partial charge in [-0.2, -0.15) is 0 Å². The lowest BCUT2D eigenvalue weighted by Crippen LogP contribution is -2.48. The zero-order chi connectivity index (χ0) is 15.5. The predicted octanol–water partition coefficient (Wildman–Crippen LogP) is 0.797. The average Bonchev–Trinajstić information content (AvgIpc) is 2.41. The highest BCUT2D eigenvalue weighted by atomic mass is 16.4. The Labute approximate surface area is 119 Å². The van der Waals surface area contributed by atoms with E-state index in [1.54, 1.807) is 6.92 Å². The number of rotatable bonds is 9. The van der Waals surface area contributed by atoms with Crippen LogP contribution in [-0.4, -0.2) is 53.6 Å². The Morgan fingerprint density at radius 1 is 1.15 bits per heavy atom. The van der Waals surface area contributed by atoms with E-state index in [0.29, 0.717) is 13.0 Å². The van der Waals surface area contributed by atoms with Crippen molar-refractivity contribution in [2.75, 3.05) is 19.6 Å². The van der Waals surface area contributed by atoms with Crippen LogP contribution in [-0.2, 0) is 9.59 Å². The number of carbonyl (C=O) groups is 3. The van der Waals surface area contributed by atoms with Gasteiger partial charge in [0.2, 0.25) is 5.91 Å². The summed E-state index contributed by atoms with van der Waals surface area (Å²) in [5.74, 6) is -1.18. The first-order chi connectivity index (χ1) is 9.42. The van der Waals surface area contributed by atoms with E-state index in [-0.39, 0.29) is 31.5 Å². The summed E-state index contributed by atoms with van der Waals surface area (Å²) < 4.78 is 0. The first kappa shape index (κ1) is 18.2. The van der Waals surface area contributed by atoms with Gasteiger partial charge in [-0.1, -0.05) is 13.8 Å².